The molecule has 0 unspecified atom stereocenters. The third-order valence-corrected chi connectivity index (χ3v) is 4.24. The number of β-amino-alcohol motifs (C(OH)–C–C–N with tert-alkyl or cyclic N) is 1. The molecule has 2 heterocycles. The van der Waals surface area contributed by atoms with Crippen LogP contribution in [0.4, 0.5) is 0 Å². The van der Waals surface area contributed by atoms with Crippen molar-refractivity contribution in [3.63, 3.8) is 0 Å². The molecule has 0 aliphatic carbocycles. The Labute approximate surface area is 132 Å². The second-order valence-electron chi connectivity index (χ2n) is 6.30. The molecule has 1 amide bonds. The molecule has 2 N–H and O–H groups in total. The first-order valence-electron chi connectivity index (χ1n) is 8.19. The summed E-state index contributed by atoms with van der Waals surface area (Å²) in [7, 11) is 0. The summed E-state index contributed by atoms with van der Waals surface area (Å²) in [4.78, 5) is 18.1. The number of carbonyl (C=O) groups excluding carboxylic acids is 1. The van der Waals surface area contributed by atoms with Crippen molar-refractivity contribution in [1.82, 2.24) is 15.2 Å². The van der Waals surface area contributed by atoms with Gasteiger partial charge in [-0.1, -0.05) is 13.0 Å². The Balaban J connectivity index is 1.59. The zero-order valence-electron chi connectivity index (χ0n) is 13.4. The van der Waals surface area contributed by atoms with Gasteiger partial charge in [-0.25, -0.2) is 0 Å². The monoisotopic (exact) mass is 305 g/mol. The molecule has 1 aliphatic rings. The van der Waals surface area contributed by atoms with Gasteiger partial charge in [0.05, 0.1) is 6.10 Å². The number of carbonyl (C=O) groups is 1. The van der Waals surface area contributed by atoms with Crippen LogP contribution in [0.25, 0.3) is 0 Å². The normalized spacial score (nSPS) is 18.1. The van der Waals surface area contributed by atoms with Crippen LogP contribution in [0.3, 0.4) is 0 Å². The number of piperidine rings is 1. The third-order valence-electron chi connectivity index (χ3n) is 4.24. The molecule has 0 spiro atoms. The molecule has 0 aromatic carbocycles. The molecule has 1 aromatic heterocycles. The molecule has 0 bridgehead atoms. The smallest absolute Gasteiger partial charge is 0.220 e. The predicted molar refractivity (Wildman–Crippen MR) is 86.4 cm³/mol. The van der Waals surface area contributed by atoms with Crippen molar-refractivity contribution in [2.75, 3.05) is 26.2 Å². The largest absolute Gasteiger partial charge is 0.390 e. The number of hydrogen-bond acceptors (Lipinski definition) is 4. The number of aliphatic hydroxyl groups excluding tert-OH is 1. The van der Waals surface area contributed by atoms with Crippen LogP contribution in [0.15, 0.2) is 24.5 Å². The summed E-state index contributed by atoms with van der Waals surface area (Å²) in [5, 5.41) is 12.9. The van der Waals surface area contributed by atoms with Gasteiger partial charge >= 0.3 is 0 Å². The summed E-state index contributed by atoms with van der Waals surface area (Å²) in [5.74, 6) is 0.774. The Morgan fingerprint density at radius 1 is 1.50 bits per heavy atom. The lowest BCUT2D eigenvalue weighted by Crippen LogP contribution is -2.43. The van der Waals surface area contributed by atoms with Gasteiger partial charge < -0.3 is 15.3 Å². The molecule has 5 heteroatoms. The molecule has 22 heavy (non-hydrogen) atoms. The first-order chi connectivity index (χ1) is 10.6. The van der Waals surface area contributed by atoms with E-state index in [4.69, 9.17) is 0 Å². The number of aliphatic hydroxyl groups is 1. The Morgan fingerprint density at radius 3 is 2.95 bits per heavy atom. The Hall–Kier alpha value is -1.46. The molecular formula is C17H27N3O2. The van der Waals surface area contributed by atoms with E-state index in [2.05, 4.69) is 22.1 Å². The third kappa shape index (κ3) is 6.12. The number of rotatable bonds is 7. The average molecular weight is 305 g/mol. The fraction of sp³-hybridized carbons (Fsp3) is 0.647. The zero-order chi connectivity index (χ0) is 15.8. The zero-order valence-corrected chi connectivity index (χ0v) is 13.4. The molecule has 1 atom stereocenters. The van der Waals surface area contributed by atoms with Crippen LogP contribution in [0.5, 0.6) is 0 Å². The quantitative estimate of drug-likeness (QED) is 0.795. The van der Waals surface area contributed by atoms with Crippen LogP contribution in [0.2, 0.25) is 0 Å². The topological polar surface area (TPSA) is 65.5 Å². The van der Waals surface area contributed by atoms with E-state index in [1.807, 2.05) is 12.1 Å². The highest BCUT2D eigenvalue weighted by molar-refractivity contribution is 5.76. The Bertz CT molecular complexity index is 444. The van der Waals surface area contributed by atoms with E-state index >= 15 is 0 Å². The fourth-order valence-corrected chi connectivity index (χ4v) is 2.73. The van der Waals surface area contributed by atoms with E-state index in [-0.39, 0.29) is 5.91 Å². The number of nitrogens with one attached hydrogen (secondary N) is 1. The van der Waals surface area contributed by atoms with Crippen LogP contribution in [-0.2, 0) is 11.2 Å². The molecule has 1 fully saturated rings. The number of aromatic nitrogens is 1. The second kappa shape index (κ2) is 8.86. The summed E-state index contributed by atoms with van der Waals surface area (Å²) in [6.07, 6.45) is 6.52. The number of hydrogen-bond donors (Lipinski definition) is 2. The Kier molecular flexibility index (Phi) is 6.80. The molecule has 1 aromatic rings. The highest BCUT2D eigenvalue weighted by Crippen LogP contribution is 2.15. The van der Waals surface area contributed by atoms with Gasteiger partial charge in [0.2, 0.25) is 5.91 Å². The molecule has 1 saturated heterocycles. The van der Waals surface area contributed by atoms with Crippen molar-refractivity contribution >= 4 is 5.91 Å². The number of pyridine rings is 1. The standard InChI is InChI=1S/C17H27N3O2/c1-14-6-9-20(10-7-14)13-16(21)12-19-17(22)5-4-15-3-2-8-18-11-15/h2-3,8,11,14,16,21H,4-7,9-10,12-13H2,1H3,(H,19,22)/t16-/m1/s1. The van der Waals surface area contributed by atoms with Crippen LogP contribution in [-0.4, -0.2) is 53.2 Å². The molecule has 5 nitrogen and oxygen atoms in total. The molecule has 122 valence electrons. The summed E-state index contributed by atoms with van der Waals surface area (Å²) in [6.45, 7) is 5.35. The van der Waals surface area contributed by atoms with E-state index < -0.39 is 6.10 Å². The first-order valence-corrected chi connectivity index (χ1v) is 8.19. The summed E-state index contributed by atoms with van der Waals surface area (Å²) < 4.78 is 0. The van der Waals surface area contributed by atoms with Crippen LogP contribution in [0.1, 0.15) is 31.7 Å². The summed E-state index contributed by atoms with van der Waals surface area (Å²) in [5.41, 5.74) is 1.06. The van der Waals surface area contributed by atoms with Crippen molar-refractivity contribution in [1.29, 1.82) is 0 Å². The highest BCUT2D eigenvalue weighted by Gasteiger charge is 2.18. The van der Waals surface area contributed by atoms with Gasteiger partial charge in [0.1, 0.15) is 0 Å². The molecule has 2 rings (SSSR count). The van der Waals surface area contributed by atoms with E-state index in [1.165, 1.54) is 12.8 Å². The number of nitrogens with zero attached hydrogens (tertiary/aromatic N) is 2. The van der Waals surface area contributed by atoms with Gasteiger partial charge in [0.15, 0.2) is 0 Å². The van der Waals surface area contributed by atoms with Crippen molar-refractivity contribution < 1.29 is 9.90 Å². The van der Waals surface area contributed by atoms with Crippen LogP contribution >= 0.6 is 0 Å². The maximum Gasteiger partial charge on any atom is 0.220 e. The van der Waals surface area contributed by atoms with E-state index in [1.54, 1.807) is 12.4 Å². The predicted octanol–water partition coefficient (Wildman–Crippen LogP) is 1.22. The van der Waals surface area contributed by atoms with E-state index in [0.717, 1.165) is 24.6 Å². The second-order valence-corrected chi connectivity index (χ2v) is 6.30. The minimum atomic E-state index is -0.490. The Morgan fingerprint density at radius 2 is 2.27 bits per heavy atom. The lowest BCUT2D eigenvalue weighted by molar-refractivity contribution is -0.121. The maximum atomic E-state index is 11.8. The maximum absolute atomic E-state index is 11.8. The number of likely N-dealkylation sites (tertiary alicyclic amines) is 1. The van der Waals surface area contributed by atoms with Crippen LogP contribution < -0.4 is 5.32 Å². The lowest BCUT2D eigenvalue weighted by Gasteiger charge is -2.31. The first kappa shape index (κ1) is 16.9. The summed E-state index contributed by atoms with van der Waals surface area (Å²) >= 11 is 0. The molecule has 0 radical (unpaired) electrons. The fourth-order valence-electron chi connectivity index (χ4n) is 2.73. The van der Waals surface area contributed by atoms with Gasteiger partial charge in [-0.2, -0.15) is 0 Å². The minimum absolute atomic E-state index is 0.0184. The van der Waals surface area contributed by atoms with Gasteiger partial charge in [0, 0.05) is 31.9 Å². The van der Waals surface area contributed by atoms with Crippen molar-refractivity contribution in [2.45, 2.75) is 38.7 Å². The lowest BCUT2D eigenvalue weighted by atomic mass is 9.99. The van der Waals surface area contributed by atoms with Gasteiger partial charge in [-0.3, -0.25) is 9.78 Å². The van der Waals surface area contributed by atoms with Crippen molar-refractivity contribution in [3.8, 4) is 0 Å². The van der Waals surface area contributed by atoms with Gasteiger partial charge in [0.25, 0.3) is 0 Å². The van der Waals surface area contributed by atoms with Gasteiger partial charge in [-0.15, -0.1) is 0 Å². The molecular weight excluding hydrogens is 278 g/mol. The SMILES string of the molecule is CC1CCN(C[C@H](O)CNC(=O)CCc2cccnc2)CC1. The van der Waals surface area contributed by atoms with E-state index in [9.17, 15) is 9.90 Å². The van der Waals surface area contributed by atoms with Crippen molar-refractivity contribution in [2.24, 2.45) is 5.92 Å². The summed E-state index contributed by atoms with van der Waals surface area (Å²) in [6, 6.07) is 3.84. The van der Waals surface area contributed by atoms with Crippen molar-refractivity contribution in [3.05, 3.63) is 30.1 Å². The minimum Gasteiger partial charge on any atom is -0.390 e. The van der Waals surface area contributed by atoms with E-state index in [0.29, 0.717) is 25.9 Å². The molecule has 1 aliphatic heterocycles. The average Bonchev–Trinajstić information content (AvgIpc) is 2.54. The molecule has 0 saturated carbocycles. The number of amides is 1. The number of aryl methyl sites for hydroxylation is 1. The highest BCUT2D eigenvalue weighted by atomic mass is 16.3. The van der Waals surface area contributed by atoms with Crippen LogP contribution in [0, 0.1) is 5.92 Å². The van der Waals surface area contributed by atoms with Gasteiger partial charge in [-0.05, 0) is 49.9 Å².